The molecule has 1 fully saturated rings. The van der Waals surface area contributed by atoms with Gasteiger partial charge in [0.25, 0.3) is 15.7 Å². The second kappa shape index (κ2) is 7.63. The minimum absolute atomic E-state index is 0.199. The van der Waals surface area contributed by atoms with Gasteiger partial charge in [-0.3, -0.25) is 29.7 Å². The third-order valence-electron chi connectivity index (χ3n) is 5.11. The van der Waals surface area contributed by atoms with Crippen molar-refractivity contribution >= 4 is 33.2 Å². The number of amides is 2. The first kappa shape index (κ1) is 20.5. The highest BCUT2D eigenvalue weighted by atomic mass is 32.2. The minimum Gasteiger partial charge on any atom is -0.296 e. The zero-order chi connectivity index (χ0) is 21.2. The van der Waals surface area contributed by atoms with Crippen LogP contribution in [0.5, 0.6) is 0 Å². The topological polar surface area (TPSA) is 135 Å². The Hall–Kier alpha value is -3.27. The van der Waals surface area contributed by atoms with Crippen LogP contribution in [0.25, 0.3) is 0 Å². The van der Waals surface area contributed by atoms with Crippen molar-refractivity contribution in [2.75, 3.05) is 4.72 Å². The lowest BCUT2D eigenvalue weighted by molar-refractivity contribution is -0.387. The first-order valence-electron chi connectivity index (χ1n) is 8.91. The van der Waals surface area contributed by atoms with Gasteiger partial charge in [0, 0.05) is 18.2 Å². The van der Waals surface area contributed by atoms with Gasteiger partial charge in [-0.2, -0.15) is 0 Å². The number of nitrogens with zero attached hydrogens (tertiary/aromatic N) is 1. The average Bonchev–Trinajstić information content (AvgIpc) is 2.69. The molecule has 2 aromatic carbocycles. The molecule has 1 heterocycles. The standard InChI is InChI=1S/C19H19N3O6S/c1-2-19(12-11-17(23)20-18(19)24)13-7-9-14(10-8-13)21-29(27,28)16-6-4-3-5-15(16)22(25)26/h3-10,21H,2,11-12H2,1H3,(H,20,23,24)/t19-/m0/s1. The first-order valence-corrected chi connectivity index (χ1v) is 10.4. The SMILES string of the molecule is CC[C@@]1(c2ccc(NS(=O)(=O)c3ccccc3[N+](=O)[O-])cc2)CCC(=O)NC1=O. The van der Waals surface area contributed by atoms with Gasteiger partial charge in [0.1, 0.15) is 0 Å². The van der Waals surface area contributed by atoms with Crippen molar-refractivity contribution < 1.29 is 22.9 Å². The number of para-hydroxylation sites is 1. The van der Waals surface area contributed by atoms with Crippen LogP contribution in [0.3, 0.4) is 0 Å². The highest BCUT2D eigenvalue weighted by Gasteiger charge is 2.42. The van der Waals surface area contributed by atoms with Crippen molar-refractivity contribution in [2.45, 2.75) is 36.5 Å². The maximum atomic E-state index is 12.6. The number of nitro benzene ring substituents is 1. The third-order valence-corrected chi connectivity index (χ3v) is 6.54. The van der Waals surface area contributed by atoms with E-state index in [-0.39, 0.29) is 23.9 Å². The number of nitrogens with one attached hydrogen (secondary N) is 2. The fourth-order valence-corrected chi connectivity index (χ4v) is 4.70. The monoisotopic (exact) mass is 417 g/mol. The summed E-state index contributed by atoms with van der Waals surface area (Å²) in [5.74, 6) is -0.683. The normalized spacial score (nSPS) is 19.5. The van der Waals surface area contributed by atoms with E-state index < -0.39 is 30.9 Å². The maximum absolute atomic E-state index is 12.6. The molecule has 1 atom stereocenters. The van der Waals surface area contributed by atoms with E-state index in [2.05, 4.69) is 10.0 Å². The number of rotatable bonds is 6. The molecule has 3 rings (SSSR count). The van der Waals surface area contributed by atoms with Crippen LogP contribution in [0.2, 0.25) is 0 Å². The van der Waals surface area contributed by atoms with Gasteiger partial charge in [0.05, 0.1) is 10.3 Å². The van der Waals surface area contributed by atoms with Crippen LogP contribution >= 0.6 is 0 Å². The summed E-state index contributed by atoms with van der Waals surface area (Å²) in [5, 5.41) is 13.5. The van der Waals surface area contributed by atoms with Crippen LogP contribution in [-0.2, 0) is 25.0 Å². The van der Waals surface area contributed by atoms with Gasteiger partial charge < -0.3 is 0 Å². The van der Waals surface area contributed by atoms with Crippen LogP contribution in [0.4, 0.5) is 11.4 Å². The summed E-state index contributed by atoms with van der Waals surface area (Å²) < 4.78 is 27.5. The van der Waals surface area contributed by atoms with Gasteiger partial charge >= 0.3 is 0 Å². The molecule has 0 bridgehead atoms. The molecule has 29 heavy (non-hydrogen) atoms. The Kier molecular flexibility index (Phi) is 5.38. The van der Waals surface area contributed by atoms with Crippen LogP contribution in [0.15, 0.2) is 53.4 Å². The lowest BCUT2D eigenvalue weighted by atomic mass is 9.72. The second-order valence-electron chi connectivity index (χ2n) is 6.72. The van der Waals surface area contributed by atoms with Gasteiger partial charge in [0.15, 0.2) is 4.90 Å². The van der Waals surface area contributed by atoms with Crippen LogP contribution in [0, 0.1) is 10.1 Å². The lowest BCUT2D eigenvalue weighted by Gasteiger charge is -2.35. The summed E-state index contributed by atoms with van der Waals surface area (Å²) in [6.45, 7) is 1.85. The quantitative estimate of drug-likeness (QED) is 0.421. The Morgan fingerprint density at radius 2 is 1.79 bits per heavy atom. The number of nitro groups is 1. The number of imide groups is 1. The Bertz CT molecular complexity index is 1080. The van der Waals surface area contributed by atoms with E-state index in [4.69, 9.17) is 0 Å². The summed E-state index contributed by atoms with van der Waals surface area (Å²) >= 11 is 0. The van der Waals surface area contributed by atoms with E-state index in [1.807, 2.05) is 6.92 Å². The maximum Gasteiger partial charge on any atom is 0.289 e. The summed E-state index contributed by atoms with van der Waals surface area (Å²) in [6.07, 6.45) is 1.08. The number of benzene rings is 2. The minimum atomic E-state index is -4.18. The Balaban J connectivity index is 1.89. The van der Waals surface area contributed by atoms with E-state index >= 15 is 0 Å². The van der Waals surface area contributed by atoms with Crippen LogP contribution < -0.4 is 10.0 Å². The second-order valence-corrected chi connectivity index (χ2v) is 8.37. The van der Waals surface area contributed by atoms with Gasteiger partial charge in [-0.05, 0) is 36.6 Å². The molecule has 10 heteroatoms. The van der Waals surface area contributed by atoms with Crippen molar-refractivity contribution in [2.24, 2.45) is 0 Å². The van der Waals surface area contributed by atoms with Crippen LogP contribution in [-0.4, -0.2) is 25.2 Å². The number of carbonyl (C=O) groups is 2. The Morgan fingerprint density at radius 1 is 1.14 bits per heavy atom. The molecule has 2 N–H and O–H groups in total. The van der Waals surface area contributed by atoms with Gasteiger partial charge in [-0.1, -0.05) is 31.2 Å². The molecule has 0 aromatic heterocycles. The van der Waals surface area contributed by atoms with E-state index in [1.54, 1.807) is 12.1 Å². The molecule has 1 aliphatic rings. The molecule has 0 unspecified atom stereocenters. The first-order chi connectivity index (χ1) is 13.7. The summed E-state index contributed by atoms with van der Waals surface area (Å²) in [5.41, 5.74) is -0.516. The molecule has 0 saturated carbocycles. The van der Waals surface area contributed by atoms with Crippen molar-refractivity contribution in [1.29, 1.82) is 0 Å². The van der Waals surface area contributed by atoms with Crippen molar-refractivity contribution in [3.05, 3.63) is 64.2 Å². The molecule has 0 radical (unpaired) electrons. The number of sulfonamides is 1. The number of hydrogen-bond acceptors (Lipinski definition) is 6. The average molecular weight is 417 g/mol. The molecule has 0 spiro atoms. The number of carbonyl (C=O) groups excluding carboxylic acids is 2. The van der Waals surface area contributed by atoms with E-state index in [1.165, 1.54) is 24.3 Å². The Morgan fingerprint density at radius 3 is 2.38 bits per heavy atom. The zero-order valence-electron chi connectivity index (χ0n) is 15.5. The molecule has 2 amide bonds. The molecule has 1 aliphatic heterocycles. The predicted octanol–water partition coefficient (Wildman–Crippen LogP) is 2.48. The van der Waals surface area contributed by atoms with Gasteiger partial charge in [-0.25, -0.2) is 8.42 Å². The van der Waals surface area contributed by atoms with Gasteiger partial charge in [-0.15, -0.1) is 0 Å². The molecule has 1 saturated heterocycles. The predicted molar refractivity (Wildman–Crippen MR) is 105 cm³/mol. The highest BCUT2D eigenvalue weighted by molar-refractivity contribution is 7.92. The fourth-order valence-electron chi connectivity index (χ4n) is 3.47. The number of piperidine rings is 1. The molecule has 152 valence electrons. The molecule has 9 nitrogen and oxygen atoms in total. The van der Waals surface area contributed by atoms with Crippen LogP contribution in [0.1, 0.15) is 31.7 Å². The highest BCUT2D eigenvalue weighted by Crippen LogP contribution is 2.36. The summed E-state index contributed by atoms with van der Waals surface area (Å²) in [6, 6.07) is 11.3. The Labute approximate surface area is 167 Å². The lowest BCUT2D eigenvalue weighted by Crippen LogP contribution is -2.51. The largest absolute Gasteiger partial charge is 0.296 e. The van der Waals surface area contributed by atoms with E-state index in [0.717, 1.165) is 12.1 Å². The molecular formula is C19H19N3O6S. The summed E-state index contributed by atoms with van der Waals surface area (Å²) in [4.78, 5) is 33.8. The zero-order valence-corrected chi connectivity index (χ0v) is 16.4. The number of anilines is 1. The van der Waals surface area contributed by atoms with E-state index in [0.29, 0.717) is 18.4 Å². The van der Waals surface area contributed by atoms with Gasteiger partial charge in [0.2, 0.25) is 11.8 Å². The van der Waals surface area contributed by atoms with E-state index in [9.17, 15) is 28.1 Å². The number of hydrogen-bond donors (Lipinski definition) is 2. The van der Waals surface area contributed by atoms with Crippen molar-refractivity contribution in [3.63, 3.8) is 0 Å². The van der Waals surface area contributed by atoms with Crippen molar-refractivity contribution in [3.8, 4) is 0 Å². The molecule has 2 aromatic rings. The molecule has 0 aliphatic carbocycles. The smallest absolute Gasteiger partial charge is 0.289 e. The third kappa shape index (κ3) is 3.83. The van der Waals surface area contributed by atoms with Crippen molar-refractivity contribution in [1.82, 2.24) is 5.32 Å². The molecular weight excluding hydrogens is 398 g/mol. The summed E-state index contributed by atoms with van der Waals surface area (Å²) in [7, 11) is -4.18. The fraction of sp³-hybridized carbons (Fsp3) is 0.263.